The third kappa shape index (κ3) is 4.03. The van der Waals surface area contributed by atoms with Crippen molar-refractivity contribution in [2.45, 2.75) is 13.5 Å². The molecule has 0 unspecified atom stereocenters. The highest BCUT2D eigenvalue weighted by atomic mass is 16.7. The van der Waals surface area contributed by atoms with E-state index in [-0.39, 0.29) is 12.7 Å². The summed E-state index contributed by atoms with van der Waals surface area (Å²) in [7, 11) is 0. The number of rotatable bonds is 5. The van der Waals surface area contributed by atoms with Gasteiger partial charge in [-0.25, -0.2) is 0 Å². The Bertz CT molecular complexity index is 950. The summed E-state index contributed by atoms with van der Waals surface area (Å²) >= 11 is 0. The van der Waals surface area contributed by atoms with Gasteiger partial charge in [0.2, 0.25) is 6.79 Å². The van der Waals surface area contributed by atoms with Crippen molar-refractivity contribution in [1.29, 1.82) is 0 Å². The number of amides is 1. The number of hydrogen-bond donors (Lipinski definition) is 2. The molecule has 5 heteroatoms. The van der Waals surface area contributed by atoms with Gasteiger partial charge in [-0.2, -0.15) is 0 Å². The van der Waals surface area contributed by atoms with Gasteiger partial charge >= 0.3 is 0 Å². The highest BCUT2D eigenvalue weighted by Gasteiger charge is 2.13. The molecule has 2 N–H and O–H groups in total. The molecule has 1 aliphatic heterocycles. The minimum atomic E-state index is -0.115. The van der Waals surface area contributed by atoms with E-state index in [1.165, 1.54) is 0 Å². The number of nitrogens with one attached hydrogen (secondary N) is 2. The number of fused-ring (bicyclic) bond motifs is 1. The summed E-state index contributed by atoms with van der Waals surface area (Å²) in [5, 5.41) is 6.27. The monoisotopic (exact) mass is 360 g/mol. The van der Waals surface area contributed by atoms with Crippen LogP contribution in [-0.4, -0.2) is 12.7 Å². The zero-order chi connectivity index (χ0) is 18.6. The zero-order valence-electron chi connectivity index (χ0n) is 15.0. The fourth-order valence-corrected chi connectivity index (χ4v) is 2.83. The molecule has 0 spiro atoms. The van der Waals surface area contributed by atoms with Crippen molar-refractivity contribution in [3.63, 3.8) is 0 Å². The van der Waals surface area contributed by atoms with E-state index in [0.717, 1.165) is 34.0 Å². The van der Waals surface area contributed by atoms with E-state index in [4.69, 9.17) is 9.47 Å². The quantitative estimate of drug-likeness (QED) is 0.699. The number of benzene rings is 3. The van der Waals surface area contributed by atoms with E-state index in [9.17, 15) is 4.79 Å². The molecule has 0 aromatic heterocycles. The molecule has 0 aliphatic carbocycles. The van der Waals surface area contributed by atoms with E-state index < -0.39 is 0 Å². The molecule has 0 saturated carbocycles. The fourth-order valence-electron chi connectivity index (χ4n) is 2.83. The van der Waals surface area contributed by atoms with Crippen LogP contribution in [0.25, 0.3) is 0 Å². The smallest absolute Gasteiger partial charge is 0.255 e. The van der Waals surface area contributed by atoms with E-state index in [0.29, 0.717) is 12.1 Å². The second kappa shape index (κ2) is 7.41. The molecule has 0 atom stereocenters. The molecule has 3 aromatic carbocycles. The number of hydrogen-bond acceptors (Lipinski definition) is 4. The molecule has 1 aliphatic rings. The first-order chi connectivity index (χ1) is 13.2. The predicted molar refractivity (Wildman–Crippen MR) is 105 cm³/mol. The first kappa shape index (κ1) is 17.0. The lowest BCUT2D eigenvalue weighted by Gasteiger charge is -2.09. The van der Waals surface area contributed by atoms with Crippen molar-refractivity contribution in [2.75, 3.05) is 17.4 Å². The van der Waals surface area contributed by atoms with Crippen LogP contribution in [0, 0.1) is 6.92 Å². The second-order valence-electron chi connectivity index (χ2n) is 6.44. The van der Waals surface area contributed by atoms with Gasteiger partial charge in [0, 0.05) is 23.5 Å². The Morgan fingerprint density at radius 1 is 0.889 bits per heavy atom. The molecule has 0 bridgehead atoms. The molecule has 1 heterocycles. The molecule has 0 radical (unpaired) electrons. The van der Waals surface area contributed by atoms with Crippen LogP contribution in [0.5, 0.6) is 11.5 Å². The molecule has 3 aromatic rings. The van der Waals surface area contributed by atoms with Gasteiger partial charge in [-0.15, -0.1) is 0 Å². The molecule has 0 fully saturated rings. The zero-order valence-corrected chi connectivity index (χ0v) is 15.0. The number of aryl methyl sites for hydroxylation is 1. The van der Waals surface area contributed by atoms with Crippen molar-refractivity contribution < 1.29 is 14.3 Å². The summed E-state index contributed by atoms with van der Waals surface area (Å²) in [5.41, 5.74) is 4.61. The highest BCUT2D eigenvalue weighted by molar-refractivity contribution is 6.04. The van der Waals surface area contributed by atoms with E-state index in [1.54, 1.807) is 0 Å². The molecule has 0 saturated heterocycles. The lowest BCUT2D eigenvalue weighted by Crippen LogP contribution is -2.11. The van der Waals surface area contributed by atoms with Crippen molar-refractivity contribution in [1.82, 2.24) is 0 Å². The largest absolute Gasteiger partial charge is 0.454 e. The third-order valence-electron chi connectivity index (χ3n) is 4.39. The van der Waals surface area contributed by atoms with Crippen LogP contribution in [0.1, 0.15) is 21.5 Å². The molecular weight excluding hydrogens is 340 g/mol. The second-order valence-corrected chi connectivity index (χ2v) is 6.44. The van der Waals surface area contributed by atoms with Crippen molar-refractivity contribution >= 4 is 17.3 Å². The highest BCUT2D eigenvalue weighted by Crippen LogP contribution is 2.32. The lowest BCUT2D eigenvalue weighted by molar-refractivity contribution is 0.102. The van der Waals surface area contributed by atoms with Gasteiger partial charge in [-0.05, 0) is 61.0 Å². The van der Waals surface area contributed by atoms with Crippen LogP contribution >= 0.6 is 0 Å². The summed E-state index contributed by atoms with van der Waals surface area (Å²) in [5.74, 6) is 1.45. The van der Waals surface area contributed by atoms with Crippen LogP contribution in [0.4, 0.5) is 11.4 Å². The Balaban J connectivity index is 1.34. The maximum absolute atomic E-state index is 12.3. The van der Waals surface area contributed by atoms with Crippen molar-refractivity contribution in [2.24, 2.45) is 0 Å². The van der Waals surface area contributed by atoms with Gasteiger partial charge in [0.05, 0.1) is 0 Å². The Morgan fingerprint density at radius 3 is 2.37 bits per heavy atom. The minimum absolute atomic E-state index is 0.115. The maximum Gasteiger partial charge on any atom is 0.255 e. The van der Waals surface area contributed by atoms with Crippen molar-refractivity contribution in [3.8, 4) is 11.5 Å². The predicted octanol–water partition coefficient (Wildman–Crippen LogP) is 4.59. The van der Waals surface area contributed by atoms with Gasteiger partial charge in [-0.1, -0.05) is 23.8 Å². The van der Waals surface area contributed by atoms with Gasteiger partial charge in [0.25, 0.3) is 5.91 Å². The van der Waals surface area contributed by atoms with E-state index in [1.807, 2.05) is 73.7 Å². The average molecular weight is 360 g/mol. The van der Waals surface area contributed by atoms with Crippen LogP contribution in [0.3, 0.4) is 0 Å². The Morgan fingerprint density at radius 2 is 1.59 bits per heavy atom. The van der Waals surface area contributed by atoms with Gasteiger partial charge < -0.3 is 20.1 Å². The van der Waals surface area contributed by atoms with Gasteiger partial charge in [0.15, 0.2) is 11.5 Å². The molecular formula is C22H20N2O3. The number of anilines is 2. The Labute approximate surface area is 157 Å². The molecule has 136 valence electrons. The summed E-state index contributed by atoms with van der Waals surface area (Å²) in [6.45, 7) is 2.95. The van der Waals surface area contributed by atoms with Crippen LogP contribution in [-0.2, 0) is 6.54 Å². The normalized spacial score (nSPS) is 11.9. The Hall–Kier alpha value is -3.47. The SMILES string of the molecule is Cc1ccc(C(=O)Nc2ccc(NCc3ccc4c(c3)OCO4)cc2)cc1. The molecule has 5 nitrogen and oxygen atoms in total. The number of carbonyl (C=O) groups is 1. The van der Waals surface area contributed by atoms with E-state index in [2.05, 4.69) is 10.6 Å². The minimum Gasteiger partial charge on any atom is -0.454 e. The van der Waals surface area contributed by atoms with Crippen LogP contribution in [0.2, 0.25) is 0 Å². The first-order valence-electron chi connectivity index (χ1n) is 8.78. The Kier molecular flexibility index (Phi) is 4.66. The van der Waals surface area contributed by atoms with Gasteiger partial charge in [0.1, 0.15) is 0 Å². The summed E-state index contributed by atoms with van der Waals surface area (Å²) in [4.78, 5) is 12.3. The summed E-state index contributed by atoms with van der Waals surface area (Å²) in [6.07, 6.45) is 0. The van der Waals surface area contributed by atoms with Gasteiger partial charge in [-0.3, -0.25) is 4.79 Å². The molecule has 1 amide bonds. The van der Waals surface area contributed by atoms with Crippen LogP contribution in [0.15, 0.2) is 66.7 Å². The summed E-state index contributed by atoms with van der Waals surface area (Å²) in [6, 6.07) is 21.1. The molecule has 27 heavy (non-hydrogen) atoms. The fraction of sp³-hybridized carbons (Fsp3) is 0.136. The first-order valence-corrected chi connectivity index (χ1v) is 8.78. The van der Waals surface area contributed by atoms with E-state index >= 15 is 0 Å². The molecule has 4 rings (SSSR count). The lowest BCUT2D eigenvalue weighted by atomic mass is 10.1. The van der Waals surface area contributed by atoms with Crippen molar-refractivity contribution in [3.05, 3.63) is 83.4 Å². The van der Waals surface area contributed by atoms with Crippen LogP contribution < -0.4 is 20.1 Å². The number of carbonyl (C=O) groups excluding carboxylic acids is 1. The standard InChI is InChI=1S/C22H20N2O3/c1-15-2-5-17(6-3-15)22(25)24-19-9-7-18(8-10-19)23-13-16-4-11-20-21(12-16)27-14-26-20/h2-12,23H,13-14H2,1H3,(H,24,25). The topological polar surface area (TPSA) is 59.6 Å². The summed E-state index contributed by atoms with van der Waals surface area (Å²) < 4.78 is 10.7. The maximum atomic E-state index is 12.3. The average Bonchev–Trinajstić information content (AvgIpc) is 3.16. The number of ether oxygens (including phenoxy) is 2. The third-order valence-corrected chi connectivity index (χ3v) is 4.39.